The molecule has 0 amide bonds. The second-order valence-corrected chi connectivity index (χ2v) is 6.30. The molecule has 0 radical (unpaired) electrons. The Labute approximate surface area is 146 Å². The topological polar surface area (TPSA) is 101 Å². The molecule has 0 heterocycles. The molecule has 2 N–H and O–H groups in total. The van der Waals surface area contributed by atoms with Crippen LogP contribution in [0.15, 0.2) is 16.6 Å². The Balaban J connectivity index is 3.36. The maximum atomic E-state index is 12.2. The Morgan fingerprint density at radius 3 is 2.35 bits per heavy atom. The fraction of sp³-hybridized carbons (Fsp3) is 0.400. The van der Waals surface area contributed by atoms with Crippen molar-refractivity contribution < 1.29 is 29.3 Å². The third kappa shape index (κ3) is 4.45. The molecule has 1 unspecified atom stereocenters. The molecule has 0 saturated carbocycles. The summed E-state index contributed by atoms with van der Waals surface area (Å²) in [5, 5.41) is 19.0. The van der Waals surface area contributed by atoms with Gasteiger partial charge in [0.1, 0.15) is 0 Å². The van der Waals surface area contributed by atoms with E-state index >= 15 is 0 Å². The summed E-state index contributed by atoms with van der Waals surface area (Å²) in [6, 6.07) is 3.18. The molecule has 6 nitrogen and oxygen atoms in total. The molecule has 1 aromatic carbocycles. The van der Waals surface area contributed by atoms with Crippen LogP contribution in [0.2, 0.25) is 5.02 Å². The van der Waals surface area contributed by atoms with Crippen molar-refractivity contribution >= 4 is 45.4 Å². The van der Waals surface area contributed by atoms with Crippen molar-refractivity contribution in [1.29, 1.82) is 0 Å². The van der Waals surface area contributed by atoms with Crippen molar-refractivity contribution in [1.82, 2.24) is 0 Å². The first kappa shape index (κ1) is 19.4. The lowest BCUT2D eigenvalue weighted by atomic mass is 9.78. The molecular weight excluding hydrogens is 392 g/mol. The minimum absolute atomic E-state index is 0.0448. The van der Waals surface area contributed by atoms with Crippen LogP contribution >= 0.6 is 27.5 Å². The average Bonchev–Trinajstić information content (AvgIpc) is 2.43. The Kier molecular flexibility index (Phi) is 6.58. The van der Waals surface area contributed by atoms with Gasteiger partial charge in [0.25, 0.3) is 0 Å². The van der Waals surface area contributed by atoms with Crippen LogP contribution in [0.25, 0.3) is 0 Å². The smallest absolute Gasteiger partial charge is 0.324 e. The predicted molar refractivity (Wildman–Crippen MR) is 86.5 cm³/mol. The Bertz CT molecular complexity index is 622. The van der Waals surface area contributed by atoms with Gasteiger partial charge in [0.05, 0.1) is 18.1 Å². The number of rotatable bonds is 7. The van der Waals surface area contributed by atoms with Gasteiger partial charge in [-0.2, -0.15) is 0 Å². The summed E-state index contributed by atoms with van der Waals surface area (Å²) >= 11 is 9.28. The fourth-order valence-corrected chi connectivity index (χ4v) is 2.94. The van der Waals surface area contributed by atoms with E-state index < -0.39 is 29.7 Å². The van der Waals surface area contributed by atoms with Gasteiger partial charge in [0, 0.05) is 4.47 Å². The summed E-state index contributed by atoms with van der Waals surface area (Å²) in [7, 11) is 0. The van der Waals surface area contributed by atoms with E-state index in [-0.39, 0.29) is 13.0 Å². The first-order valence-corrected chi connectivity index (χ1v) is 7.88. The number of benzene rings is 1. The average molecular weight is 408 g/mol. The largest absolute Gasteiger partial charge is 0.481 e. The van der Waals surface area contributed by atoms with Gasteiger partial charge in [-0.15, -0.1) is 0 Å². The minimum Gasteiger partial charge on any atom is -0.481 e. The standard InChI is InChI=1S/C15H16BrClO6/c1-3-23-14(22)15(13(20)21,7-11(18)19)6-9-4-8(2)12(17)10(16)5-9/h4-5H,3,6-7H2,1-2H3,(H,18,19)(H,20,21). The maximum absolute atomic E-state index is 12.2. The number of hydrogen-bond donors (Lipinski definition) is 2. The number of carboxylic acids is 2. The van der Waals surface area contributed by atoms with Gasteiger partial charge >= 0.3 is 17.9 Å². The number of ether oxygens (including phenoxy) is 1. The van der Waals surface area contributed by atoms with Crippen LogP contribution in [0.3, 0.4) is 0 Å². The monoisotopic (exact) mass is 406 g/mol. The zero-order valence-corrected chi connectivity index (χ0v) is 14.9. The van der Waals surface area contributed by atoms with Crippen LogP contribution in [0.5, 0.6) is 0 Å². The molecule has 0 aliphatic rings. The highest BCUT2D eigenvalue weighted by atomic mass is 79.9. The highest BCUT2D eigenvalue weighted by Crippen LogP contribution is 2.34. The number of carbonyl (C=O) groups excluding carboxylic acids is 1. The molecule has 0 spiro atoms. The van der Waals surface area contributed by atoms with Gasteiger partial charge in [-0.05, 0) is 53.4 Å². The zero-order valence-electron chi connectivity index (χ0n) is 12.6. The van der Waals surface area contributed by atoms with E-state index in [0.29, 0.717) is 20.6 Å². The van der Waals surface area contributed by atoms with Gasteiger partial charge in [-0.3, -0.25) is 14.4 Å². The van der Waals surface area contributed by atoms with Gasteiger partial charge in [-0.1, -0.05) is 17.7 Å². The van der Waals surface area contributed by atoms with E-state index in [0.717, 1.165) is 0 Å². The van der Waals surface area contributed by atoms with Crippen LogP contribution < -0.4 is 0 Å². The number of halogens is 2. The lowest BCUT2D eigenvalue weighted by molar-refractivity contribution is -0.173. The Hall–Kier alpha value is -1.60. The number of aliphatic carboxylic acids is 2. The molecule has 126 valence electrons. The molecular formula is C15H16BrClO6. The van der Waals surface area contributed by atoms with Crippen LogP contribution in [-0.4, -0.2) is 34.7 Å². The third-order valence-electron chi connectivity index (χ3n) is 3.30. The van der Waals surface area contributed by atoms with Gasteiger partial charge < -0.3 is 14.9 Å². The Morgan fingerprint density at radius 2 is 1.91 bits per heavy atom. The summed E-state index contributed by atoms with van der Waals surface area (Å²) in [6.07, 6.45) is -1.19. The summed E-state index contributed by atoms with van der Waals surface area (Å²) in [4.78, 5) is 35.0. The Morgan fingerprint density at radius 1 is 1.30 bits per heavy atom. The van der Waals surface area contributed by atoms with E-state index in [1.165, 1.54) is 6.92 Å². The summed E-state index contributed by atoms with van der Waals surface area (Å²) in [5.41, 5.74) is -1.05. The summed E-state index contributed by atoms with van der Waals surface area (Å²) < 4.78 is 5.34. The third-order valence-corrected chi connectivity index (χ3v) is 4.66. The van der Waals surface area contributed by atoms with Crippen LogP contribution in [-0.2, 0) is 25.5 Å². The second-order valence-electron chi connectivity index (χ2n) is 5.06. The van der Waals surface area contributed by atoms with E-state index in [9.17, 15) is 19.5 Å². The first-order chi connectivity index (χ1) is 10.6. The molecule has 0 saturated heterocycles. The molecule has 0 aliphatic heterocycles. The highest BCUT2D eigenvalue weighted by molar-refractivity contribution is 9.10. The normalized spacial score (nSPS) is 13.2. The van der Waals surface area contributed by atoms with E-state index in [4.69, 9.17) is 21.4 Å². The van der Waals surface area contributed by atoms with Crippen molar-refractivity contribution in [2.75, 3.05) is 6.61 Å². The highest BCUT2D eigenvalue weighted by Gasteiger charge is 2.49. The van der Waals surface area contributed by atoms with Crippen LogP contribution in [0, 0.1) is 12.3 Å². The van der Waals surface area contributed by atoms with E-state index in [2.05, 4.69) is 15.9 Å². The van der Waals surface area contributed by atoms with Gasteiger partial charge in [-0.25, -0.2) is 0 Å². The lowest BCUT2D eigenvalue weighted by Crippen LogP contribution is -2.44. The van der Waals surface area contributed by atoms with Crippen molar-refractivity contribution in [3.8, 4) is 0 Å². The molecule has 23 heavy (non-hydrogen) atoms. The number of esters is 1. The number of hydrogen-bond acceptors (Lipinski definition) is 4. The summed E-state index contributed by atoms with van der Waals surface area (Å²) in [6.45, 7) is 3.20. The molecule has 1 atom stereocenters. The molecule has 0 bridgehead atoms. The predicted octanol–water partition coefficient (Wildman–Crippen LogP) is 3.06. The molecule has 0 fully saturated rings. The van der Waals surface area contributed by atoms with Crippen molar-refractivity contribution in [2.24, 2.45) is 5.41 Å². The van der Waals surface area contributed by atoms with Gasteiger partial charge in [0.15, 0.2) is 5.41 Å². The molecule has 8 heteroatoms. The molecule has 1 aromatic rings. The molecule has 0 aromatic heterocycles. The molecule has 0 aliphatic carbocycles. The lowest BCUT2D eigenvalue weighted by Gasteiger charge is -2.26. The molecule has 1 rings (SSSR count). The van der Waals surface area contributed by atoms with Gasteiger partial charge in [0.2, 0.25) is 0 Å². The first-order valence-electron chi connectivity index (χ1n) is 6.71. The van der Waals surface area contributed by atoms with Crippen molar-refractivity contribution in [2.45, 2.75) is 26.7 Å². The zero-order chi connectivity index (χ0) is 17.8. The maximum Gasteiger partial charge on any atom is 0.324 e. The van der Waals surface area contributed by atoms with Crippen LogP contribution in [0.4, 0.5) is 0 Å². The SMILES string of the molecule is CCOC(=O)C(CC(=O)O)(Cc1cc(C)c(Cl)c(Br)c1)C(=O)O. The fourth-order valence-electron chi connectivity index (χ4n) is 2.22. The number of carboxylic acid groups (broad SMARTS) is 2. The van der Waals surface area contributed by atoms with E-state index in [1.54, 1.807) is 19.1 Å². The second kappa shape index (κ2) is 7.79. The number of aryl methyl sites for hydroxylation is 1. The summed E-state index contributed by atoms with van der Waals surface area (Å²) in [5.74, 6) is -4.01. The number of carbonyl (C=O) groups is 3. The quantitative estimate of drug-likeness (QED) is 0.532. The van der Waals surface area contributed by atoms with E-state index in [1.807, 2.05) is 0 Å². The van der Waals surface area contributed by atoms with Crippen molar-refractivity contribution in [3.05, 3.63) is 32.8 Å². The van der Waals surface area contributed by atoms with Crippen LogP contribution in [0.1, 0.15) is 24.5 Å². The van der Waals surface area contributed by atoms with Crippen molar-refractivity contribution in [3.63, 3.8) is 0 Å². The minimum atomic E-state index is -2.19.